The van der Waals surface area contributed by atoms with Crippen LogP contribution in [0.2, 0.25) is 0 Å². The summed E-state index contributed by atoms with van der Waals surface area (Å²) in [6.07, 6.45) is 2.77. The highest BCUT2D eigenvalue weighted by atomic mass is 16.3. The summed E-state index contributed by atoms with van der Waals surface area (Å²) in [6.45, 7) is 13.1. The first-order valence-electron chi connectivity index (χ1n) is 20.2. The minimum Gasteiger partial charge on any atom is -0.507 e. The fourth-order valence-electron chi connectivity index (χ4n) is 7.85. The molecule has 0 saturated heterocycles. The predicted molar refractivity (Wildman–Crippen MR) is 243 cm³/mol. The molecule has 0 spiro atoms. The van der Waals surface area contributed by atoms with Crippen molar-refractivity contribution in [2.45, 2.75) is 58.8 Å². The molecule has 0 bridgehead atoms. The summed E-state index contributed by atoms with van der Waals surface area (Å²) in [4.78, 5) is 10.3. The third kappa shape index (κ3) is 8.26. The molecular weight excluding hydrogens is 705 g/mol. The molecule has 0 saturated carbocycles. The summed E-state index contributed by atoms with van der Waals surface area (Å²) in [5, 5.41) is 11.9. The fraction of sp³-hybridized carbons (Fsp3) is 0.164. The van der Waals surface area contributed by atoms with Crippen LogP contribution in [0.1, 0.15) is 63.8 Å². The number of nitrogens with zero attached hydrogens (tertiary/aromatic N) is 2. The number of hydrogen-bond acceptors (Lipinski definition) is 3. The monoisotopic (exact) mass is 754 g/mol. The number of phenolic OH excluding ortho intramolecular Hbond substituents is 1. The van der Waals surface area contributed by atoms with Gasteiger partial charge in [-0.2, -0.15) is 0 Å². The summed E-state index contributed by atoms with van der Waals surface area (Å²) >= 11 is 0. The Labute approximate surface area is 343 Å². The van der Waals surface area contributed by atoms with Crippen molar-refractivity contribution < 1.29 is 5.11 Å². The molecule has 3 heteroatoms. The van der Waals surface area contributed by atoms with Crippen molar-refractivity contribution in [1.82, 2.24) is 9.97 Å². The molecule has 0 unspecified atom stereocenters. The van der Waals surface area contributed by atoms with E-state index in [4.69, 9.17) is 9.97 Å². The van der Waals surface area contributed by atoms with Crippen LogP contribution in [-0.4, -0.2) is 15.1 Å². The highest BCUT2D eigenvalue weighted by Crippen LogP contribution is 2.42. The molecule has 2 heterocycles. The van der Waals surface area contributed by atoms with Crippen LogP contribution in [0.5, 0.6) is 5.75 Å². The minimum absolute atomic E-state index is 0.0936. The lowest BCUT2D eigenvalue weighted by Gasteiger charge is -2.24. The van der Waals surface area contributed by atoms with Gasteiger partial charge in [-0.15, -0.1) is 0 Å². The van der Waals surface area contributed by atoms with Crippen molar-refractivity contribution in [2.75, 3.05) is 0 Å². The lowest BCUT2D eigenvalue weighted by Crippen LogP contribution is -2.12. The van der Waals surface area contributed by atoms with Gasteiger partial charge in [0.2, 0.25) is 0 Å². The number of aromatic hydroxyl groups is 1. The second kappa shape index (κ2) is 15.8. The fourth-order valence-corrected chi connectivity index (χ4v) is 7.85. The lowest BCUT2D eigenvalue weighted by atomic mass is 9.81. The molecule has 0 fully saturated rings. The van der Waals surface area contributed by atoms with Crippen molar-refractivity contribution in [2.24, 2.45) is 0 Å². The molecule has 0 aliphatic heterocycles. The zero-order valence-electron chi connectivity index (χ0n) is 34.3. The lowest BCUT2D eigenvalue weighted by molar-refractivity contribution is 0.448. The Hall–Kier alpha value is -6.58. The van der Waals surface area contributed by atoms with Crippen LogP contribution in [0.4, 0.5) is 0 Å². The Balaban J connectivity index is 1.34. The second-order valence-electron chi connectivity index (χ2n) is 17.3. The molecule has 3 nitrogen and oxygen atoms in total. The van der Waals surface area contributed by atoms with E-state index in [9.17, 15) is 5.11 Å². The highest BCUT2D eigenvalue weighted by molar-refractivity contribution is 5.85. The van der Waals surface area contributed by atoms with Crippen LogP contribution >= 0.6 is 0 Å². The Morgan fingerprint density at radius 1 is 0.397 bits per heavy atom. The van der Waals surface area contributed by atoms with Crippen LogP contribution in [0.15, 0.2) is 176 Å². The van der Waals surface area contributed by atoms with E-state index in [2.05, 4.69) is 187 Å². The van der Waals surface area contributed by atoms with Gasteiger partial charge in [0.05, 0.1) is 17.1 Å². The molecule has 2 aromatic heterocycles. The van der Waals surface area contributed by atoms with E-state index in [1.54, 1.807) is 0 Å². The van der Waals surface area contributed by atoms with Crippen molar-refractivity contribution in [3.8, 4) is 72.9 Å². The molecule has 8 rings (SSSR count). The summed E-state index contributed by atoms with van der Waals surface area (Å²) < 4.78 is 0. The first-order valence-corrected chi connectivity index (χ1v) is 20.2. The third-order valence-corrected chi connectivity index (χ3v) is 10.9. The van der Waals surface area contributed by atoms with E-state index in [1.807, 2.05) is 30.5 Å². The molecule has 0 atom stereocenters. The first kappa shape index (κ1) is 38.3. The summed E-state index contributed by atoms with van der Waals surface area (Å²) in [7, 11) is 0. The summed E-state index contributed by atoms with van der Waals surface area (Å²) in [5.74, 6) is 0.265. The van der Waals surface area contributed by atoms with E-state index in [0.717, 1.165) is 73.6 Å². The molecule has 286 valence electrons. The maximum Gasteiger partial charge on any atom is 0.128 e. The average molecular weight is 755 g/mol. The van der Waals surface area contributed by atoms with Gasteiger partial charge in [-0.25, -0.2) is 4.98 Å². The molecular formula is C55H50N2O. The van der Waals surface area contributed by atoms with Crippen LogP contribution in [0, 0.1) is 0 Å². The molecule has 6 aromatic carbocycles. The molecule has 1 N–H and O–H groups in total. The van der Waals surface area contributed by atoms with Crippen molar-refractivity contribution >= 4 is 0 Å². The Morgan fingerprint density at radius 2 is 0.931 bits per heavy atom. The van der Waals surface area contributed by atoms with Gasteiger partial charge in [0.25, 0.3) is 0 Å². The Kier molecular flexibility index (Phi) is 10.4. The number of benzene rings is 6. The molecule has 58 heavy (non-hydrogen) atoms. The largest absolute Gasteiger partial charge is 0.507 e. The number of aromatic nitrogens is 2. The van der Waals surface area contributed by atoms with Gasteiger partial charge in [0, 0.05) is 22.9 Å². The molecule has 8 aromatic rings. The maximum atomic E-state index is 11.9. The zero-order chi connectivity index (χ0) is 40.4. The van der Waals surface area contributed by atoms with Gasteiger partial charge in [-0.1, -0.05) is 163 Å². The van der Waals surface area contributed by atoms with Gasteiger partial charge in [0.1, 0.15) is 5.75 Å². The molecule has 0 aliphatic rings. The molecule has 0 amide bonds. The second-order valence-corrected chi connectivity index (χ2v) is 17.3. The number of pyridine rings is 2. The Morgan fingerprint density at radius 3 is 1.64 bits per heavy atom. The third-order valence-electron chi connectivity index (χ3n) is 10.9. The van der Waals surface area contributed by atoms with Crippen molar-refractivity contribution in [3.05, 3.63) is 198 Å². The molecule has 0 aliphatic carbocycles. The van der Waals surface area contributed by atoms with E-state index >= 15 is 0 Å². The number of hydrogen-bond donors (Lipinski definition) is 1. The van der Waals surface area contributed by atoms with E-state index in [1.165, 1.54) is 16.7 Å². The number of phenols is 1. The average Bonchev–Trinajstić information content (AvgIpc) is 3.24. The van der Waals surface area contributed by atoms with Crippen molar-refractivity contribution in [3.63, 3.8) is 0 Å². The smallest absolute Gasteiger partial charge is 0.128 e. The summed E-state index contributed by atoms with van der Waals surface area (Å²) in [6, 6.07) is 59.9. The maximum absolute atomic E-state index is 11.9. The number of rotatable bonds is 8. The minimum atomic E-state index is -0.249. The normalized spacial score (nSPS) is 11.8. The van der Waals surface area contributed by atoms with Gasteiger partial charge < -0.3 is 5.11 Å². The summed E-state index contributed by atoms with van der Waals surface area (Å²) in [5.41, 5.74) is 16.1. The first-order chi connectivity index (χ1) is 27.9. The van der Waals surface area contributed by atoms with E-state index in [0.29, 0.717) is 5.56 Å². The van der Waals surface area contributed by atoms with Gasteiger partial charge in [-0.05, 0) is 121 Å². The van der Waals surface area contributed by atoms with Gasteiger partial charge >= 0.3 is 0 Å². The topological polar surface area (TPSA) is 46.0 Å². The SMILES string of the molecule is CC(C)(C)c1ccccc1-c1cc(-c2cc(-c3ccc(Cc4ccccc4)cc3)cc(-c3cc(-c4ccccc4)ccn3)c2)nc(-c2cccc(C(C)(C)C)c2O)c1. The Bertz CT molecular complexity index is 2700. The van der Waals surface area contributed by atoms with Crippen LogP contribution in [0.3, 0.4) is 0 Å². The predicted octanol–water partition coefficient (Wildman–Crippen LogP) is 14.4. The number of para-hydroxylation sites is 1. The quantitative estimate of drug-likeness (QED) is 0.168. The van der Waals surface area contributed by atoms with Crippen LogP contribution in [-0.2, 0) is 17.3 Å². The highest BCUT2D eigenvalue weighted by Gasteiger charge is 2.24. The van der Waals surface area contributed by atoms with Crippen LogP contribution < -0.4 is 0 Å². The van der Waals surface area contributed by atoms with E-state index < -0.39 is 0 Å². The van der Waals surface area contributed by atoms with E-state index in [-0.39, 0.29) is 16.6 Å². The van der Waals surface area contributed by atoms with Crippen molar-refractivity contribution in [1.29, 1.82) is 0 Å². The standard InChI is InChI=1S/C55H50N2O/c1-54(2,3)48-22-14-13-20-46(48)43-35-51(57-52(36-43)47-21-15-23-49(53(47)58)55(4,5)6)45-32-42(40-26-24-38(25-27-40)30-37-16-9-7-10-17-37)31-44(33-45)50-34-41(28-29-56-50)39-18-11-8-12-19-39/h7-29,31-36,58H,30H2,1-6H3. The van der Waals surface area contributed by atoms with Crippen LogP contribution in [0.25, 0.3) is 67.2 Å². The zero-order valence-corrected chi connectivity index (χ0v) is 34.3. The van der Waals surface area contributed by atoms with Gasteiger partial charge in [-0.3, -0.25) is 4.98 Å². The molecule has 0 radical (unpaired) electrons. The van der Waals surface area contributed by atoms with Gasteiger partial charge in [0.15, 0.2) is 0 Å².